The molecular formula is C20H25N3O2. The lowest BCUT2D eigenvalue weighted by molar-refractivity contribution is -0.102. The molecule has 4 heterocycles. The first-order valence-corrected chi connectivity index (χ1v) is 9.14. The van der Waals surface area contributed by atoms with E-state index < -0.39 is 0 Å². The Balaban J connectivity index is 1.24. The van der Waals surface area contributed by atoms with Crippen molar-refractivity contribution in [1.29, 1.82) is 0 Å². The summed E-state index contributed by atoms with van der Waals surface area (Å²) in [6, 6.07) is 10.6. The van der Waals surface area contributed by atoms with Crippen molar-refractivity contribution in [3.8, 4) is 0 Å². The summed E-state index contributed by atoms with van der Waals surface area (Å²) in [5, 5.41) is 0. The van der Waals surface area contributed by atoms with Crippen molar-refractivity contribution in [2.45, 2.75) is 50.7 Å². The zero-order chi connectivity index (χ0) is 16.9. The summed E-state index contributed by atoms with van der Waals surface area (Å²) in [4.78, 5) is 11.1. The normalized spacial score (nSPS) is 26.5. The van der Waals surface area contributed by atoms with Crippen LogP contribution in [0, 0.1) is 0 Å². The maximum absolute atomic E-state index is 6.31. The number of likely N-dealkylation sites (tertiary alicyclic amines) is 1. The molecule has 0 aromatic carbocycles. The predicted octanol–water partition coefficient (Wildman–Crippen LogP) is 2.82. The molecule has 0 aliphatic carbocycles. The van der Waals surface area contributed by atoms with Crippen molar-refractivity contribution in [2.24, 2.45) is 0 Å². The van der Waals surface area contributed by atoms with E-state index in [4.69, 9.17) is 9.47 Å². The lowest BCUT2D eigenvalue weighted by Gasteiger charge is -2.36. The molecule has 0 amide bonds. The van der Waals surface area contributed by atoms with Crippen LogP contribution in [0.15, 0.2) is 48.9 Å². The van der Waals surface area contributed by atoms with Crippen molar-refractivity contribution in [3.63, 3.8) is 0 Å². The van der Waals surface area contributed by atoms with Gasteiger partial charge in [-0.2, -0.15) is 0 Å². The summed E-state index contributed by atoms with van der Waals surface area (Å²) in [6.07, 6.45) is 9.51. The van der Waals surface area contributed by atoms with Crippen LogP contribution in [0.1, 0.15) is 30.5 Å². The Bertz CT molecular complexity index is 653. The minimum Gasteiger partial charge on any atom is -0.372 e. The molecule has 0 spiro atoms. The van der Waals surface area contributed by atoms with E-state index in [1.807, 2.05) is 36.7 Å². The summed E-state index contributed by atoms with van der Waals surface area (Å²) in [5.74, 6) is 0. The average molecular weight is 339 g/mol. The fraction of sp³-hybridized carbons (Fsp3) is 0.500. The molecule has 132 valence electrons. The Morgan fingerprint density at radius 3 is 2.96 bits per heavy atom. The predicted molar refractivity (Wildman–Crippen MR) is 94.8 cm³/mol. The first kappa shape index (κ1) is 16.6. The molecular weight excluding hydrogens is 314 g/mol. The van der Waals surface area contributed by atoms with Crippen LogP contribution in [0.2, 0.25) is 0 Å². The van der Waals surface area contributed by atoms with Crippen LogP contribution >= 0.6 is 0 Å². The molecule has 2 aliphatic heterocycles. The molecule has 2 fully saturated rings. The fourth-order valence-corrected chi connectivity index (χ4v) is 3.91. The largest absolute Gasteiger partial charge is 0.372 e. The van der Waals surface area contributed by atoms with Crippen molar-refractivity contribution in [1.82, 2.24) is 14.9 Å². The molecule has 5 nitrogen and oxygen atoms in total. The topological polar surface area (TPSA) is 47.5 Å². The summed E-state index contributed by atoms with van der Waals surface area (Å²) in [6.45, 7) is 3.29. The smallest absolute Gasteiger partial charge is 0.0889 e. The van der Waals surface area contributed by atoms with Crippen LogP contribution in [0.25, 0.3) is 0 Å². The lowest BCUT2D eigenvalue weighted by Crippen LogP contribution is -2.43. The highest BCUT2D eigenvalue weighted by Crippen LogP contribution is 2.32. The number of aromatic nitrogens is 2. The highest BCUT2D eigenvalue weighted by atomic mass is 16.5. The molecule has 4 rings (SSSR count). The number of ether oxygens (including phenoxy) is 2. The third-order valence-electron chi connectivity index (χ3n) is 5.14. The van der Waals surface area contributed by atoms with E-state index in [0.29, 0.717) is 25.4 Å². The molecule has 0 bridgehead atoms. The number of hydrogen-bond donors (Lipinski definition) is 0. The zero-order valence-electron chi connectivity index (χ0n) is 14.5. The van der Waals surface area contributed by atoms with Crippen LogP contribution in [0.5, 0.6) is 0 Å². The van der Waals surface area contributed by atoms with E-state index in [0.717, 1.165) is 31.6 Å². The van der Waals surface area contributed by atoms with Crippen LogP contribution in [0.3, 0.4) is 0 Å². The third kappa shape index (κ3) is 4.24. The summed E-state index contributed by atoms with van der Waals surface area (Å²) >= 11 is 0. The Labute approximate surface area is 149 Å². The Morgan fingerprint density at radius 1 is 1.12 bits per heavy atom. The summed E-state index contributed by atoms with van der Waals surface area (Å²) in [5.41, 5.74) is 2.25. The van der Waals surface area contributed by atoms with E-state index in [-0.39, 0.29) is 6.10 Å². The van der Waals surface area contributed by atoms with Crippen molar-refractivity contribution < 1.29 is 9.47 Å². The van der Waals surface area contributed by atoms with Crippen molar-refractivity contribution in [2.75, 3.05) is 13.2 Å². The van der Waals surface area contributed by atoms with Gasteiger partial charge in [-0.25, -0.2) is 0 Å². The van der Waals surface area contributed by atoms with Gasteiger partial charge in [0, 0.05) is 37.7 Å². The minimum absolute atomic E-state index is 0.211. The molecule has 0 unspecified atom stereocenters. The summed E-state index contributed by atoms with van der Waals surface area (Å²) in [7, 11) is 0. The van der Waals surface area contributed by atoms with Gasteiger partial charge < -0.3 is 9.47 Å². The number of pyridine rings is 2. The quantitative estimate of drug-likeness (QED) is 0.810. The molecule has 25 heavy (non-hydrogen) atoms. The molecule has 0 saturated carbocycles. The van der Waals surface area contributed by atoms with E-state index >= 15 is 0 Å². The number of nitrogens with zero attached hydrogens (tertiary/aromatic N) is 3. The van der Waals surface area contributed by atoms with Gasteiger partial charge in [0.15, 0.2) is 0 Å². The fourth-order valence-electron chi connectivity index (χ4n) is 3.91. The molecule has 0 N–H and O–H groups in total. The van der Waals surface area contributed by atoms with Crippen LogP contribution in [-0.2, 0) is 22.6 Å². The van der Waals surface area contributed by atoms with Gasteiger partial charge in [0.25, 0.3) is 0 Å². The van der Waals surface area contributed by atoms with Crippen molar-refractivity contribution >= 4 is 0 Å². The van der Waals surface area contributed by atoms with E-state index in [2.05, 4.69) is 20.9 Å². The van der Waals surface area contributed by atoms with Crippen molar-refractivity contribution in [3.05, 3.63) is 60.2 Å². The van der Waals surface area contributed by atoms with E-state index in [1.54, 1.807) is 6.20 Å². The standard InChI is InChI=1S/C20H25N3O2/c1-2-10-22-17(5-1)14-24-15-18-6-7-19-20(25-18)8-11-23(19)13-16-4-3-9-21-12-16/h1-5,9-10,12,18-20H,6-8,11,13-15H2/t18-,19+,20+/m0/s1. The van der Waals surface area contributed by atoms with Crippen LogP contribution in [-0.4, -0.2) is 46.3 Å². The first-order valence-electron chi connectivity index (χ1n) is 9.14. The number of rotatable bonds is 6. The molecule has 2 aromatic heterocycles. The van der Waals surface area contributed by atoms with Gasteiger partial charge in [0.2, 0.25) is 0 Å². The molecule has 2 aliphatic rings. The summed E-state index contributed by atoms with van der Waals surface area (Å²) < 4.78 is 12.1. The van der Waals surface area contributed by atoms with Gasteiger partial charge in [0.1, 0.15) is 0 Å². The third-order valence-corrected chi connectivity index (χ3v) is 5.14. The maximum Gasteiger partial charge on any atom is 0.0889 e. The molecule has 2 saturated heterocycles. The molecule has 0 radical (unpaired) electrons. The molecule has 5 heteroatoms. The second-order valence-corrected chi connectivity index (χ2v) is 6.90. The SMILES string of the molecule is c1ccc(COC[C@@H]2CC[C@@H]3[C@@H](CCN3Cc3cccnc3)O2)nc1. The molecule has 3 atom stereocenters. The van der Waals surface area contributed by atoms with Gasteiger partial charge >= 0.3 is 0 Å². The van der Waals surface area contributed by atoms with Gasteiger partial charge in [-0.3, -0.25) is 14.9 Å². The Kier molecular flexibility index (Phi) is 5.35. The van der Waals surface area contributed by atoms with Gasteiger partial charge in [-0.15, -0.1) is 0 Å². The Hall–Kier alpha value is -1.82. The van der Waals surface area contributed by atoms with Gasteiger partial charge in [-0.1, -0.05) is 12.1 Å². The van der Waals surface area contributed by atoms with Crippen LogP contribution < -0.4 is 0 Å². The van der Waals surface area contributed by atoms with Gasteiger partial charge in [0.05, 0.1) is 31.1 Å². The first-order chi connectivity index (χ1) is 12.4. The Morgan fingerprint density at radius 2 is 2.12 bits per heavy atom. The minimum atomic E-state index is 0.211. The zero-order valence-corrected chi connectivity index (χ0v) is 14.5. The number of hydrogen-bond acceptors (Lipinski definition) is 5. The molecule has 2 aromatic rings. The number of fused-ring (bicyclic) bond motifs is 1. The average Bonchev–Trinajstić information content (AvgIpc) is 3.06. The highest BCUT2D eigenvalue weighted by Gasteiger charge is 2.39. The maximum atomic E-state index is 6.31. The second kappa shape index (κ2) is 8.04. The van der Waals surface area contributed by atoms with Crippen LogP contribution in [0.4, 0.5) is 0 Å². The van der Waals surface area contributed by atoms with Gasteiger partial charge in [-0.05, 0) is 43.0 Å². The highest BCUT2D eigenvalue weighted by molar-refractivity contribution is 5.09. The van der Waals surface area contributed by atoms with E-state index in [9.17, 15) is 0 Å². The monoisotopic (exact) mass is 339 g/mol. The van der Waals surface area contributed by atoms with E-state index in [1.165, 1.54) is 12.0 Å². The lowest BCUT2D eigenvalue weighted by atomic mass is 9.99. The second-order valence-electron chi connectivity index (χ2n) is 6.90.